The monoisotopic (exact) mass is 359 g/mol. The molecule has 130 valence electrons. The van der Waals surface area contributed by atoms with Gasteiger partial charge in [0, 0.05) is 12.1 Å². The SMILES string of the molecule is CC1CN(C(=O)c2cc(Cl)c3c(c2)OCO3)CC(c2ccccc2)O1. The molecule has 2 aliphatic rings. The Balaban J connectivity index is 1.58. The summed E-state index contributed by atoms with van der Waals surface area (Å²) in [6, 6.07) is 13.3. The van der Waals surface area contributed by atoms with Crippen LogP contribution >= 0.6 is 11.6 Å². The van der Waals surface area contributed by atoms with Crippen LogP contribution in [0.3, 0.4) is 0 Å². The Morgan fingerprint density at radius 2 is 1.96 bits per heavy atom. The Morgan fingerprint density at radius 3 is 2.76 bits per heavy atom. The van der Waals surface area contributed by atoms with Gasteiger partial charge in [0.05, 0.1) is 17.7 Å². The van der Waals surface area contributed by atoms with Gasteiger partial charge in [-0.3, -0.25) is 4.79 Å². The Kier molecular flexibility index (Phi) is 4.27. The maximum Gasteiger partial charge on any atom is 0.254 e. The van der Waals surface area contributed by atoms with Gasteiger partial charge in [0.15, 0.2) is 11.5 Å². The van der Waals surface area contributed by atoms with Crippen LogP contribution in [0.25, 0.3) is 0 Å². The van der Waals surface area contributed by atoms with Crippen molar-refractivity contribution in [3.63, 3.8) is 0 Å². The fourth-order valence-corrected chi connectivity index (χ4v) is 3.51. The molecule has 0 spiro atoms. The summed E-state index contributed by atoms with van der Waals surface area (Å²) in [4.78, 5) is 14.8. The van der Waals surface area contributed by atoms with Crippen molar-refractivity contribution >= 4 is 17.5 Å². The number of morpholine rings is 1. The van der Waals surface area contributed by atoms with Crippen molar-refractivity contribution in [1.82, 2.24) is 4.90 Å². The van der Waals surface area contributed by atoms with Crippen LogP contribution in [0.4, 0.5) is 0 Å². The molecule has 0 aromatic heterocycles. The van der Waals surface area contributed by atoms with Gasteiger partial charge in [0.2, 0.25) is 6.79 Å². The molecule has 1 amide bonds. The van der Waals surface area contributed by atoms with E-state index < -0.39 is 0 Å². The van der Waals surface area contributed by atoms with E-state index in [1.54, 1.807) is 17.0 Å². The number of hydrogen-bond donors (Lipinski definition) is 0. The number of rotatable bonds is 2. The highest BCUT2D eigenvalue weighted by atomic mass is 35.5. The zero-order chi connectivity index (χ0) is 17.4. The Morgan fingerprint density at radius 1 is 1.16 bits per heavy atom. The molecule has 2 aromatic carbocycles. The summed E-state index contributed by atoms with van der Waals surface area (Å²) in [6.07, 6.45) is -0.189. The summed E-state index contributed by atoms with van der Waals surface area (Å²) >= 11 is 6.21. The first-order chi connectivity index (χ1) is 12.1. The topological polar surface area (TPSA) is 48.0 Å². The third-order valence-corrected chi connectivity index (χ3v) is 4.67. The highest BCUT2D eigenvalue weighted by molar-refractivity contribution is 6.32. The van der Waals surface area contributed by atoms with Gasteiger partial charge in [-0.2, -0.15) is 0 Å². The van der Waals surface area contributed by atoms with Gasteiger partial charge in [0.25, 0.3) is 5.91 Å². The maximum atomic E-state index is 13.0. The summed E-state index contributed by atoms with van der Waals surface area (Å²) in [5, 5.41) is 0.388. The quantitative estimate of drug-likeness (QED) is 0.820. The van der Waals surface area contributed by atoms with Gasteiger partial charge >= 0.3 is 0 Å². The van der Waals surface area contributed by atoms with Crippen LogP contribution in [0, 0.1) is 0 Å². The van der Waals surface area contributed by atoms with Crippen molar-refractivity contribution < 1.29 is 19.0 Å². The van der Waals surface area contributed by atoms with Crippen LogP contribution in [0.1, 0.15) is 28.9 Å². The van der Waals surface area contributed by atoms with Crippen molar-refractivity contribution in [1.29, 1.82) is 0 Å². The first-order valence-corrected chi connectivity index (χ1v) is 8.58. The number of carbonyl (C=O) groups is 1. The minimum atomic E-state index is -0.140. The van der Waals surface area contributed by atoms with Crippen LogP contribution < -0.4 is 9.47 Å². The summed E-state index contributed by atoms with van der Waals surface area (Å²) < 4.78 is 16.7. The van der Waals surface area contributed by atoms with Crippen molar-refractivity contribution in [2.45, 2.75) is 19.1 Å². The summed E-state index contributed by atoms with van der Waals surface area (Å²) in [6.45, 7) is 3.13. The van der Waals surface area contributed by atoms with Gasteiger partial charge in [-0.1, -0.05) is 41.9 Å². The van der Waals surface area contributed by atoms with Crippen LogP contribution in [-0.2, 0) is 4.74 Å². The average Bonchev–Trinajstić information content (AvgIpc) is 3.10. The molecule has 2 unspecified atom stereocenters. The Labute approximate surface area is 151 Å². The first kappa shape index (κ1) is 16.2. The smallest absolute Gasteiger partial charge is 0.254 e. The number of ether oxygens (including phenoxy) is 3. The molecule has 2 aromatic rings. The fraction of sp³-hybridized carbons (Fsp3) is 0.316. The van der Waals surface area contributed by atoms with Crippen LogP contribution in [0.15, 0.2) is 42.5 Å². The summed E-state index contributed by atoms with van der Waals surface area (Å²) in [5.41, 5.74) is 1.56. The van der Waals surface area contributed by atoms with Crippen LogP contribution in [0.5, 0.6) is 11.5 Å². The first-order valence-electron chi connectivity index (χ1n) is 8.20. The van der Waals surface area contributed by atoms with Crippen molar-refractivity contribution in [2.24, 2.45) is 0 Å². The van der Waals surface area contributed by atoms with E-state index in [9.17, 15) is 4.79 Å². The van der Waals surface area contributed by atoms with Gasteiger partial charge in [-0.05, 0) is 24.6 Å². The highest BCUT2D eigenvalue weighted by Gasteiger charge is 2.31. The molecule has 25 heavy (non-hydrogen) atoms. The van der Waals surface area contributed by atoms with E-state index in [0.717, 1.165) is 5.56 Å². The predicted octanol–water partition coefficient (Wildman–Crippen LogP) is 3.67. The number of halogens is 1. The number of benzene rings is 2. The second-order valence-corrected chi connectivity index (χ2v) is 6.66. The zero-order valence-electron chi connectivity index (χ0n) is 13.8. The third kappa shape index (κ3) is 3.17. The lowest BCUT2D eigenvalue weighted by Gasteiger charge is -2.37. The van der Waals surface area contributed by atoms with E-state index >= 15 is 0 Å². The van der Waals surface area contributed by atoms with Crippen molar-refractivity contribution in [3.05, 3.63) is 58.6 Å². The molecular weight excluding hydrogens is 342 g/mol. The number of amides is 1. The van der Waals surface area contributed by atoms with E-state index in [2.05, 4.69) is 0 Å². The van der Waals surface area contributed by atoms with Gasteiger partial charge < -0.3 is 19.1 Å². The lowest BCUT2D eigenvalue weighted by Crippen LogP contribution is -2.45. The molecule has 0 aliphatic carbocycles. The van der Waals surface area contributed by atoms with Crippen molar-refractivity contribution in [3.8, 4) is 11.5 Å². The van der Waals surface area contributed by atoms with Gasteiger partial charge in [-0.25, -0.2) is 0 Å². The number of carbonyl (C=O) groups excluding carboxylic acids is 1. The second kappa shape index (κ2) is 6.58. The van der Waals surface area contributed by atoms with Gasteiger partial charge in [-0.15, -0.1) is 0 Å². The molecule has 4 rings (SSSR count). The molecule has 1 saturated heterocycles. The average molecular weight is 360 g/mol. The summed E-state index contributed by atoms with van der Waals surface area (Å²) in [5.74, 6) is 0.920. The van der Waals surface area contributed by atoms with Gasteiger partial charge in [0.1, 0.15) is 6.10 Å². The number of hydrogen-bond acceptors (Lipinski definition) is 4. The molecule has 0 N–H and O–H groups in total. The second-order valence-electron chi connectivity index (χ2n) is 6.25. The molecule has 5 nitrogen and oxygen atoms in total. The van der Waals surface area contributed by atoms with Crippen LogP contribution in [0.2, 0.25) is 5.02 Å². The van der Waals surface area contributed by atoms with E-state index in [4.69, 9.17) is 25.8 Å². The molecule has 1 fully saturated rings. The van der Waals surface area contributed by atoms with E-state index in [0.29, 0.717) is 35.2 Å². The minimum absolute atomic E-state index is 0.0487. The Hall–Kier alpha value is -2.24. The molecule has 2 heterocycles. The number of fused-ring (bicyclic) bond motifs is 1. The van der Waals surface area contributed by atoms with E-state index in [1.807, 2.05) is 37.3 Å². The Bertz CT molecular complexity index is 796. The molecule has 0 radical (unpaired) electrons. The predicted molar refractivity (Wildman–Crippen MR) is 93.2 cm³/mol. The molecule has 2 atom stereocenters. The molecule has 0 saturated carbocycles. The fourth-order valence-electron chi connectivity index (χ4n) is 3.24. The third-order valence-electron chi connectivity index (χ3n) is 4.39. The standard InChI is InChI=1S/C19H18ClNO4/c1-12-9-21(10-17(25-12)13-5-3-2-4-6-13)19(22)14-7-15(20)18-16(8-14)23-11-24-18/h2-8,12,17H,9-11H2,1H3. The molecule has 2 aliphatic heterocycles. The lowest BCUT2D eigenvalue weighted by atomic mass is 10.1. The maximum absolute atomic E-state index is 13.0. The minimum Gasteiger partial charge on any atom is -0.454 e. The summed E-state index contributed by atoms with van der Waals surface area (Å²) in [7, 11) is 0. The largest absolute Gasteiger partial charge is 0.454 e. The molecule has 6 heteroatoms. The number of nitrogens with zero attached hydrogens (tertiary/aromatic N) is 1. The van der Waals surface area contributed by atoms with E-state index in [1.165, 1.54) is 0 Å². The van der Waals surface area contributed by atoms with E-state index in [-0.39, 0.29) is 24.9 Å². The zero-order valence-corrected chi connectivity index (χ0v) is 14.5. The van der Waals surface area contributed by atoms with Crippen LogP contribution in [-0.4, -0.2) is 36.8 Å². The molecular formula is C19H18ClNO4. The highest BCUT2D eigenvalue weighted by Crippen LogP contribution is 2.40. The molecule has 0 bridgehead atoms. The normalized spacial score (nSPS) is 22.1. The lowest BCUT2D eigenvalue weighted by molar-refractivity contribution is -0.0691. The van der Waals surface area contributed by atoms with Crippen molar-refractivity contribution in [2.75, 3.05) is 19.9 Å².